The number of aliphatic hydroxyl groups is 1. The number of benzene rings is 3. The molecule has 0 spiro atoms. The minimum atomic E-state index is -0.337. The average molecular weight is 820 g/mol. The number of aromatic nitrogens is 1. The molecule has 0 saturated carbocycles. The van der Waals surface area contributed by atoms with E-state index in [-0.39, 0.29) is 57.0 Å². The number of aliphatic hydroxyl groups excluding tert-OH is 1. The van der Waals surface area contributed by atoms with Gasteiger partial charge in [0.25, 0.3) is 0 Å². The van der Waals surface area contributed by atoms with Gasteiger partial charge in [0.15, 0.2) is 5.78 Å². The molecule has 0 aliphatic rings. The normalized spacial score (nSPS) is 12.6. The van der Waals surface area contributed by atoms with E-state index in [1.165, 1.54) is 50.9 Å². The van der Waals surface area contributed by atoms with E-state index in [2.05, 4.69) is 60.7 Å². The molecule has 42 heavy (non-hydrogen) atoms. The first-order valence-corrected chi connectivity index (χ1v) is 17.1. The van der Waals surface area contributed by atoms with Gasteiger partial charge in [-0.15, -0.1) is 0 Å². The number of ketones is 1. The predicted molar refractivity (Wildman–Crippen MR) is 179 cm³/mol. The number of hydrogen-bond donors (Lipinski definition) is 1. The van der Waals surface area contributed by atoms with Crippen molar-refractivity contribution in [3.63, 3.8) is 0 Å². The molecule has 0 bridgehead atoms. The second kappa shape index (κ2) is 13.1. The third-order valence-corrected chi connectivity index (χ3v) is 12.6. The van der Waals surface area contributed by atoms with Gasteiger partial charge in [-0.1, -0.05) is 41.5 Å². The summed E-state index contributed by atoms with van der Waals surface area (Å²) < 4.78 is 5.54. The quantitative estimate of drug-likeness (QED) is 0.0756. The Hall–Kier alpha value is -2.33. The maximum atomic E-state index is 12.2. The molecule has 0 aliphatic carbocycles. The molecule has 0 atom stereocenters. The second-order valence-electron chi connectivity index (χ2n) is 11.4. The van der Waals surface area contributed by atoms with E-state index in [1.54, 1.807) is 0 Å². The Balaban J connectivity index is 0.000000203. The Morgan fingerprint density at radius 1 is 0.905 bits per heavy atom. The first-order valence-electron chi connectivity index (χ1n) is 14.6. The van der Waals surface area contributed by atoms with Crippen molar-refractivity contribution in [3.8, 4) is 0 Å². The standard InChI is InChI=1S/C21H10NSSe.C15H28O2.Ir/c1-2-5-13-11-18-14(10-12(13)4-1)21-20-16(8-9-22-21)23-15-6-3-7-17(24-18)19(15)20;1-7-14(5,8-2)12(16)11-13(17)15(6,9-3)10-4;/h1-9,11H;11,16H,7-10H2,1-6H3;/q-1;;/b;12-11-;. The zero-order valence-corrected chi connectivity index (χ0v) is 30.1. The molecule has 3 heterocycles. The van der Waals surface area contributed by atoms with Crippen LogP contribution in [0.1, 0.15) is 67.2 Å². The zero-order valence-electron chi connectivity index (χ0n) is 25.1. The van der Waals surface area contributed by atoms with Gasteiger partial charge in [0.05, 0.1) is 0 Å². The van der Waals surface area contributed by atoms with Gasteiger partial charge in [-0.2, -0.15) is 0 Å². The van der Waals surface area contributed by atoms with Crippen LogP contribution in [-0.2, 0) is 24.9 Å². The van der Waals surface area contributed by atoms with Crippen LogP contribution < -0.4 is 0 Å². The Kier molecular flexibility index (Phi) is 10.2. The fourth-order valence-electron chi connectivity index (χ4n) is 5.21. The molecule has 6 heteroatoms. The molecule has 0 unspecified atom stereocenters. The summed E-state index contributed by atoms with van der Waals surface area (Å²) in [6.45, 7) is 12.1. The molecular weight excluding hydrogens is 782 g/mol. The van der Waals surface area contributed by atoms with Gasteiger partial charge < -0.3 is 5.11 Å². The minimum absolute atomic E-state index is 0. The summed E-state index contributed by atoms with van der Waals surface area (Å²) in [7, 11) is 0. The van der Waals surface area contributed by atoms with Gasteiger partial charge in [-0.25, -0.2) is 0 Å². The van der Waals surface area contributed by atoms with Crippen molar-refractivity contribution in [2.24, 2.45) is 10.8 Å². The molecule has 6 aromatic rings. The fraction of sp³-hybridized carbons (Fsp3) is 0.333. The fourth-order valence-corrected chi connectivity index (χ4v) is 8.86. The van der Waals surface area contributed by atoms with E-state index in [9.17, 15) is 9.90 Å². The van der Waals surface area contributed by atoms with Crippen LogP contribution in [0, 0.1) is 16.9 Å². The number of rotatable bonds is 7. The number of hydrogen-bond acceptors (Lipinski definition) is 4. The van der Waals surface area contributed by atoms with Crippen molar-refractivity contribution in [2.45, 2.75) is 67.2 Å². The zero-order chi connectivity index (χ0) is 29.4. The van der Waals surface area contributed by atoms with E-state index < -0.39 is 0 Å². The van der Waals surface area contributed by atoms with E-state index in [0.717, 1.165) is 31.2 Å². The monoisotopic (exact) mass is 821 g/mol. The molecule has 0 amide bonds. The summed E-state index contributed by atoms with van der Waals surface area (Å²) in [5, 5.41) is 16.5. The Morgan fingerprint density at radius 2 is 1.57 bits per heavy atom. The first kappa shape index (κ1) is 32.6. The van der Waals surface area contributed by atoms with Crippen LogP contribution in [0.15, 0.2) is 72.6 Å². The number of thiophene rings is 1. The number of carbonyl (C=O) groups is 1. The molecule has 0 fully saturated rings. The summed E-state index contributed by atoms with van der Waals surface area (Å²) in [5.74, 6) is 0.286. The van der Waals surface area contributed by atoms with E-state index in [0.29, 0.717) is 0 Å². The number of nitrogens with zero attached hydrogens (tertiary/aromatic N) is 1. The van der Waals surface area contributed by atoms with Gasteiger partial charge in [0.1, 0.15) is 5.76 Å². The van der Waals surface area contributed by atoms with Gasteiger partial charge in [-0.05, 0) is 25.7 Å². The van der Waals surface area contributed by atoms with Crippen molar-refractivity contribution in [1.29, 1.82) is 0 Å². The number of pyridine rings is 1. The van der Waals surface area contributed by atoms with Crippen LogP contribution >= 0.6 is 11.3 Å². The van der Waals surface area contributed by atoms with Crippen molar-refractivity contribution < 1.29 is 30.0 Å². The molecule has 6 rings (SSSR count). The molecule has 3 aromatic carbocycles. The van der Waals surface area contributed by atoms with Crippen molar-refractivity contribution in [3.05, 3.63) is 78.7 Å². The van der Waals surface area contributed by atoms with Crippen LogP contribution in [0.2, 0.25) is 0 Å². The van der Waals surface area contributed by atoms with Crippen molar-refractivity contribution in [1.82, 2.24) is 4.98 Å². The molecule has 0 aliphatic heterocycles. The number of fused-ring (bicyclic) bond motifs is 3. The van der Waals surface area contributed by atoms with Gasteiger partial charge >= 0.3 is 148 Å². The van der Waals surface area contributed by atoms with Crippen LogP contribution in [-0.4, -0.2) is 30.4 Å². The molecule has 3 nitrogen and oxygen atoms in total. The van der Waals surface area contributed by atoms with Crippen LogP contribution in [0.5, 0.6) is 0 Å². The molecule has 1 radical (unpaired) electrons. The summed E-state index contributed by atoms with van der Waals surface area (Å²) in [6.07, 6.45) is 6.70. The Labute approximate surface area is 272 Å². The SMILES string of the molecule is CCC(C)(CC)C(=O)/C=C(\O)C(C)(CC)CC.[Ir].[c-]1c2ccccc2cc2[se]c3cccc4sc5ccnc(c12)c5c43. The number of carbonyl (C=O) groups excluding carboxylic acids is 1. The average Bonchev–Trinajstić information content (AvgIpc) is 3.33. The van der Waals surface area contributed by atoms with Crippen LogP contribution in [0.3, 0.4) is 0 Å². The van der Waals surface area contributed by atoms with E-state index in [4.69, 9.17) is 4.98 Å². The molecule has 1 N–H and O–H groups in total. The van der Waals surface area contributed by atoms with Crippen LogP contribution in [0.4, 0.5) is 0 Å². The van der Waals surface area contributed by atoms with Crippen LogP contribution in [0.25, 0.3) is 50.4 Å². The summed E-state index contributed by atoms with van der Waals surface area (Å²) >= 11 is 2.14. The van der Waals surface area contributed by atoms with E-state index in [1.807, 2.05) is 59.1 Å². The third kappa shape index (κ3) is 5.90. The van der Waals surface area contributed by atoms with Gasteiger partial charge in [-0.3, -0.25) is 4.79 Å². The molecular formula is C36H38IrNO2SSe-. The Morgan fingerprint density at radius 3 is 2.26 bits per heavy atom. The van der Waals surface area contributed by atoms with Gasteiger partial charge in [0, 0.05) is 37.0 Å². The maximum absolute atomic E-state index is 12.2. The summed E-state index contributed by atoms with van der Waals surface area (Å²) in [6, 6.07) is 23.4. The summed E-state index contributed by atoms with van der Waals surface area (Å²) in [5.41, 5.74) is 0.500. The van der Waals surface area contributed by atoms with E-state index >= 15 is 0 Å². The van der Waals surface area contributed by atoms with Gasteiger partial charge in [0.2, 0.25) is 0 Å². The molecule has 221 valence electrons. The molecule has 0 saturated heterocycles. The topological polar surface area (TPSA) is 50.2 Å². The first-order chi connectivity index (χ1) is 19.7. The summed E-state index contributed by atoms with van der Waals surface area (Å²) in [4.78, 5) is 17.0. The third-order valence-electron chi connectivity index (χ3n) is 9.18. The Bertz CT molecular complexity index is 1910. The number of allylic oxidation sites excluding steroid dienone is 2. The van der Waals surface area contributed by atoms with Crippen molar-refractivity contribution in [2.75, 3.05) is 0 Å². The second-order valence-corrected chi connectivity index (χ2v) is 14.7. The molecule has 3 aromatic heterocycles. The van der Waals surface area contributed by atoms with Crippen molar-refractivity contribution >= 4 is 82.0 Å². The predicted octanol–water partition coefficient (Wildman–Crippen LogP) is 10.4.